The number of aryl methyl sites for hydroxylation is 2. The van der Waals surface area contributed by atoms with Crippen LogP contribution in [0.5, 0.6) is 0 Å². The number of terminal acetylenes is 1. The van der Waals surface area contributed by atoms with E-state index in [4.69, 9.17) is 6.42 Å². The fourth-order valence-electron chi connectivity index (χ4n) is 5.59. The van der Waals surface area contributed by atoms with Crippen LogP contribution in [0.15, 0.2) is 65.7 Å². The number of fused-ring (bicyclic) bond motifs is 1. The molecule has 4 heteroatoms. The maximum atomic E-state index is 15.9. The van der Waals surface area contributed by atoms with E-state index in [1.165, 1.54) is 29.0 Å². The predicted molar refractivity (Wildman–Crippen MR) is 176 cm³/mol. The number of halogens is 2. The number of hydrogen-bond acceptors (Lipinski definition) is 2. The van der Waals surface area contributed by atoms with Crippen molar-refractivity contribution >= 4 is 17.3 Å². The molecule has 2 unspecified atom stereocenters. The highest BCUT2D eigenvalue weighted by atomic mass is 32.2. The largest absolute Gasteiger partial charge is 0.367 e. The van der Waals surface area contributed by atoms with E-state index in [0.717, 1.165) is 48.1 Å². The first-order valence-electron chi connectivity index (χ1n) is 15.2. The molecule has 0 spiro atoms. The average molecular weight is 578 g/mol. The van der Waals surface area contributed by atoms with E-state index >= 15 is 4.39 Å². The number of nitrogens with zero attached hydrogens (tertiary/aromatic N) is 1. The van der Waals surface area contributed by atoms with Crippen LogP contribution in [-0.2, 0) is 6.54 Å². The van der Waals surface area contributed by atoms with Gasteiger partial charge in [0.15, 0.2) is 0 Å². The van der Waals surface area contributed by atoms with Crippen LogP contribution in [0.3, 0.4) is 0 Å². The van der Waals surface area contributed by atoms with E-state index in [0.29, 0.717) is 22.9 Å². The third kappa shape index (κ3) is 8.16. The van der Waals surface area contributed by atoms with Gasteiger partial charge < -0.3 is 4.90 Å². The first-order valence-corrected chi connectivity index (χ1v) is 16.1. The second-order valence-electron chi connectivity index (χ2n) is 10.5. The van der Waals surface area contributed by atoms with Gasteiger partial charge in [-0.2, -0.15) is 0 Å². The van der Waals surface area contributed by atoms with Crippen molar-refractivity contribution in [2.24, 2.45) is 5.92 Å². The molecule has 1 saturated carbocycles. The smallest absolute Gasteiger partial charge is 0.144 e. The standard InChI is InChI=1S/C33H37F2NS.2C2H6/c1-7-9-25(10-8-2)26-15-13-22(4)27(19-26)20-36(28-16-11-21(3)12-17-28)24(6)32-31(35)30-23(5)14-18-29(34)33(30)37-32;2*1-2/h1,8-10,13-15,18-19,21,28,31-32H,6,11-12,16-17,20H2,2-5H3;2*1-2H3/b10-8-,25-9+;;. The van der Waals surface area contributed by atoms with Crippen molar-refractivity contribution in [3.63, 3.8) is 0 Å². The minimum absolute atomic E-state index is 0.283. The Balaban J connectivity index is 0.00000141. The van der Waals surface area contributed by atoms with Crippen molar-refractivity contribution in [3.05, 3.63) is 94.5 Å². The van der Waals surface area contributed by atoms with Crippen LogP contribution in [0.2, 0.25) is 0 Å². The molecule has 1 nitrogen and oxygen atoms in total. The highest BCUT2D eigenvalue weighted by Gasteiger charge is 2.41. The fraction of sp³-hybridized carbons (Fsp3) is 0.459. The lowest BCUT2D eigenvalue weighted by Gasteiger charge is -2.41. The Bertz CT molecular complexity index is 1260. The summed E-state index contributed by atoms with van der Waals surface area (Å²) in [5, 5.41) is -0.534. The Labute approximate surface area is 253 Å². The van der Waals surface area contributed by atoms with Crippen molar-refractivity contribution in [3.8, 4) is 12.3 Å². The molecule has 0 amide bonds. The van der Waals surface area contributed by atoms with Crippen LogP contribution in [-0.4, -0.2) is 16.2 Å². The van der Waals surface area contributed by atoms with Gasteiger partial charge in [0.05, 0.1) is 10.1 Å². The quantitative estimate of drug-likeness (QED) is 0.238. The van der Waals surface area contributed by atoms with Crippen molar-refractivity contribution in [2.45, 2.75) is 110 Å². The number of alkyl halides is 1. The van der Waals surface area contributed by atoms with Crippen LogP contribution in [0.1, 0.15) is 101 Å². The number of benzene rings is 2. The van der Waals surface area contributed by atoms with Crippen molar-refractivity contribution in [1.82, 2.24) is 4.90 Å². The minimum atomic E-state index is -1.28. The molecule has 2 aromatic carbocycles. The summed E-state index contributed by atoms with van der Waals surface area (Å²) in [7, 11) is 0. The molecule has 1 aliphatic carbocycles. The summed E-state index contributed by atoms with van der Waals surface area (Å²) in [6.07, 6.45) is 14.5. The monoisotopic (exact) mass is 577 g/mol. The van der Waals surface area contributed by atoms with Gasteiger partial charge in [0.25, 0.3) is 0 Å². The maximum Gasteiger partial charge on any atom is 0.144 e. The minimum Gasteiger partial charge on any atom is -0.367 e. The van der Waals surface area contributed by atoms with E-state index < -0.39 is 11.4 Å². The summed E-state index contributed by atoms with van der Waals surface area (Å²) in [4.78, 5) is 2.76. The zero-order chi connectivity index (χ0) is 30.7. The molecule has 0 aromatic heterocycles. The summed E-state index contributed by atoms with van der Waals surface area (Å²) in [6, 6.07) is 9.81. The first kappa shape index (κ1) is 34.4. The maximum absolute atomic E-state index is 15.9. The molecule has 2 aliphatic rings. The Hall–Kier alpha value is -2.77. The lowest BCUT2D eigenvalue weighted by molar-refractivity contribution is 0.160. The van der Waals surface area contributed by atoms with Crippen LogP contribution < -0.4 is 0 Å². The third-order valence-corrected chi connectivity index (χ3v) is 9.30. The second kappa shape index (κ2) is 16.6. The highest BCUT2D eigenvalue weighted by Crippen LogP contribution is 2.52. The molecular formula is C37H49F2NS. The van der Waals surface area contributed by atoms with Crippen LogP contribution >= 0.6 is 11.8 Å². The van der Waals surface area contributed by atoms with Gasteiger partial charge in [-0.1, -0.05) is 77.5 Å². The molecule has 0 N–H and O–H groups in total. The topological polar surface area (TPSA) is 3.24 Å². The Kier molecular flexibility index (Phi) is 14.0. The molecule has 41 heavy (non-hydrogen) atoms. The van der Waals surface area contributed by atoms with Gasteiger partial charge in [-0.05, 0) is 98.4 Å². The lowest BCUT2D eigenvalue weighted by atomic mass is 9.85. The lowest BCUT2D eigenvalue weighted by Crippen LogP contribution is -2.39. The molecule has 1 fully saturated rings. The van der Waals surface area contributed by atoms with Crippen LogP contribution in [0.25, 0.3) is 5.57 Å². The van der Waals surface area contributed by atoms with E-state index in [-0.39, 0.29) is 11.9 Å². The van der Waals surface area contributed by atoms with E-state index in [1.807, 2.05) is 53.7 Å². The van der Waals surface area contributed by atoms with Crippen LogP contribution in [0, 0.1) is 37.9 Å². The molecule has 1 aliphatic heterocycles. The zero-order valence-electron chi connectivity index (χ0n) is 26.4. The highest BCUT2D eigenvalue weighted by molar-refractivity contribution is 8.00. The van der Waals surface area contributed by atoms with Gasteiger partial charge in [0.2, 0.25) is 0 Å². The summed E-state index contributed by atoms with van der Waals surface area (Å²) in [5.41, 5.74) is 6.43. The molecule has 0 bridgehead atoms. The van der Waals surface area contributed by atoms with Crippen LogP contribution in [0.4, 0.5) is 8.78 Å². The second-order valence-corrected chi connectivity index (χ2v) is 11.6. The molecular weight excluding hydrogens is 528 g/mol. The van der Waals surface area contributed by atoms with E-state index in [9.17, 15) is 4.39 Å². The molecule has 2 aromatic rings. The summed E-state index contributed by atoms with van der Waals surface area (Å²) < 4.78 is 30.6. The van der Waals surface area contributed by atoms with Gasteiger partial charge in [-0.25, -0.2) is 8.78 Å². The third-order valence-electron chi connectivity index (χ3n) is 7.88. The fourth-order valence-corrected chi connectivity index (χ4v) is 6.96. The van der Waals surface area contributed by atoms with Crippen molar-refractivity contribution in [2.75, 3.05) is 0 Å². The van der Waals surface area contributed by atoms with E-state index in [1.54, 1.807) is 12.1 Å². The Morgan fingerprint density at radius 3 is 2.29 bits per heavy atom. The first-order chi connectivity index (χ1) is 19.7. The number of allylic oxidation sites excluding steroid dienone is 4. The average Bonchev–Trinajstić information content (AvgIpc) is 3.35. The number of thioether (sulfide) groups is 1. The molecule has 2 atom stereocenters. The SMILES string of the molecule is C#C/C=C(\C=C/C)c1ccc(C)c(CN(C(=C)C2Sc3c(F)ccc(C)c3C2F)C2CCC(C)CC2)c1.CC.CC. The number of hydrogen-bond donors (Lipinski definition) is 0. The van der Waals surface area contributed by atoms with Gasteiger partial charge in [0, 0.05) is 23.8 Å². The van der Waals surface area contributed by atoms with Crippen molar-refractivity contribution < 1.29 is 8.78 Å². The molecule has 4 rings (SSSR count). The summed E-state index contributed by atoms with van der Waals surface area (Å²) in [6.45, 7) is 21.3. The number of rotatable bonds is 7. The molecule has 0 saturated heterocycles. The van der Waals surface area contributed by atoms with Gasteiger partial charge in [-0.15, -0.1) is 18.2 Å². The molecule has 222 valence electrons. The summed E-state index contributed by atoms with van der Waals surface area (Å²) in [5.74, 6) is 3.00. The van der Waals surface area contributed by atoms with Gasteiger partial charge in [0.1, 0.15) is 12.0 Å². The van der Waals surface area contributed by atoms with Gasteiger partial charge in [-0.3, -0.25) is 0 Å². The normalized spacial score (nSPS) is 21.6. The predicted octanol–water partition coefficient (Wildman–Crippen LogP) is 11.2. The molecule has 0 radical (unpaired) electrons. The Morgan fingerprint density at radius 1 is 1.07 bits per heavy atom. The molecule has 1 heterocycles. The van der Waals surface area contributed by atoms with Crippen molar-refractivity contribution in [1.29, 1.82) is 0 Å². The van der Waals surface area contributed by atoms with Gasteiger partial charge >= 0.3 is 0 Å². The Morgan fingerprint density at radius 2 is 1.71 bits per heavy atom. The van der Waals surface area contributed by atoms with E-state index in [2.05, 4.69) is 49.4 Å². The summed E-state index contributed by atoms with van der Waals surface area (Å²) >= 11 is 1.29. The zero-order valence-corrected chi connectivity index (χ0v) is 27.2.